The topological polar surface area (TPSA) is 54.9 Å². The van der Waals surface area contributed by atoms with Gasteiger partial charge in [0.1, 0.15) is 10.6 Å². The molecule has 4 nitrogen and oxygen atoms in total. The van der Waals surface area contributed by atoms with E-state index in [0.29, 0.717) is 15.6 Å². The highest BCUT2D eigenvalue weighted by atomic mass is 35.5. The average Bonchev–Trinajstić information content (AvgIpc) is 2.76. The van der Waals surface area contributed by atoms with Gasteiger partial charge < -0.3 is 5.32 Å². The molecule has 0 fully saturated rings. The summed E-state index contributed by atoms with van der Waals surface area (Å²) < 4.78 is 3.87. The van der Waals surface area contributed by atoms with E-state index in [-0.39, 0.29) is 11.4 Å². The van der Waals surface area contributed by atoms with Crippen LogP contribution in [0.1, 0.15) is 30.4 Å². The predicted molar refractivity (Wildman–Crippen MR) is 77.6 cm³/mol. The van der Waals surface area contributed by atoms with Gasteiger partial charge in [0, 0.05) is 16.1 Å². The standard InChI is InChI=1S/C13H14ClN3OS/c1-13(2,3)15-12(18)11-10(16-17-19-11)8-4-6-9(14)7-5-8/h4-7H,1-3H3,(H,15,18). The van der Waals surface area contributed by atoms with Gasteiger partial charge in [0.15, 0.2) is 0 Å². The first-order valence-electron chi connectivity index (χ1n) is 5.77. The second-order valence-corrected chi connectivity index (χ2v) is 6.35. The number of hydrogen-bond acceptors (Lipinski definition) is 4. The molecule has 19 heavy (non-hydrogen) atoms. The summed E-state index contributed by atoms with van der Waals surface area (Å²) in [5, 5.41) is 7.59. The van der Waals surface area contributed by atoms with Gasteiger partial charge in [0.05, 0.1) is 0 Å². The minimum Gasteiger partial charge on any atom is -0.347 e. The van der Waals surface area contributed by atoms with E-state index in [1.807, 2.05) is 32.9 Å². The summed E-state index contributed by atoms with van der Waals surface area (Å²) in [6, 6.07) is 7.18. The molecule has 0 radical (unpaired) electrons. The molecule has 2 rings (SSSR count). The minimum atomic E-state index is -0.293. The van der Waals surface area contributed by atoms with Crippen molar-refractivity contribution in [3.8, 4) is 11.3 Å². The Bertz CT molecular complexity index is 587. The van der Waals surface area contributed by atoms with Crippen LogP contribution in [0.15, 0.2) is 24.3 Å². The van der Waals surface area contributed by atoms with Crippen LogP contribution in [0.25, 0.3) is 11.3 Å². The molecule has 6 heteroatoms. The van der Waals surface area contributed by atoms with Gasteiger partial charge in [0.25, 0.3) is 5.91 Å². The molecule has 1 amide bonds. The Hall–Kier alpha value is -1.46. The molecule has 0 spiro atoms. The summed E-state index contributed by atoms with van der Waals surface area (Å²) in [4.78, 5) is 12.7. The number of carbonyl (C=O) groups is 1. The first-order valence-corrected chi connectivity index (χ1v) is 6.93. The van der Waals surface area contributed by atoms with E-state index < -0.39 is 0 Å². The summed E-state index contributed by atoms with van der Waals surface area (Å²) >= 11 is 6.94. The van der Waals surface area contributed by atoms with E-state index >= 15 is 0 Å². The van der Waals surface area contributed by atoms with E-state index in [9.17, 15) is 4.79 Å². The first-order chi connectivity index (χ1) is 8.87. The Morgan fingerprint density at radius 2 is 1.89 bits per heavy atom. The molecule has 0 bridgehead atoms. The summed E-state index contributed by atoms with van der Waals surface area (Å²) in [6.45, 7) is 5.80. The molecule has 0 unspecified atom stereocenters. The number of amides is 1. The third-order valence-electron chi connectivity index (χ3n) is 2.30. The molecule has 0 atom stereocenters. The molecular formula is C13H14ClN3OS. The number of halogens is 1. The van der Waals surface area contributed by atoms with E-state index in [4.69, 9.17) is 11.6 Å². The number of aromatic nitrogens is 2. The summed E-state index contributed by atoms with van der Waals surface area (Å²) in [5.74, 6) is -0.160. The van der Waals surface area contributed by atoms with Crippen LogP contribution in [0.5, 0.6) is 0 Å². The van der Waals surface area contributed by atoms with Gasteiger partial charge in [-0.25, -0.2) is 0 Å². The Labute approximate surface area is 121 Å². The maximum absolute atomic E-state index is 12.2. The van der Waals surface area contributed by atoms with Crippen molar-refractivity contribution in [1.82, 2.24) is 14.9 Å². The van der Waals surface area contributed by atoms with Crippen LogP contribution in [0.2, 0.25) is 5.02 Å². The second kappa shape index (κ2) is 5.27. The fourth-order valence-corrected chi connectivity index (χ4v) is 2.24. The molecule has 100 valence electrons. The van der Waals surface area contributed by atoms with Gasteiger partial charge in [0.2, 0.25) is 0 Å². The van der Waals surface area contributed by atoms with Gasteiger partial charge in [-0.3, -0.25) is 4.79 Å². The Morgan fingerprint density at radius 3 is 2.47 bits per heavy atom. The van der Waals surface area contributed by atoms with Crippen molar-refractivity contribution in [2.75, 3.05) is 0 Å². The second-order valence-electron chi connectivity index (χ2n) is 5.16. The van der Waals surface area contributed by atoms with Crippen LogP contribution in [-0.2, 0) is 0 Å². The van der Waals surface area contributed by atoms with Gasteiger partial charge >= 0.3 is 0 Å². The van der Waals surface area contributed by atoms with Crippen molar-refractivity contribution >= 4 is 29.0 Å². The van der Waals surface area contributed by atoms with Crippen molar-refractivity contribution in [3.05, 3.63) is 34.2 Å². The van der Waals surface area contributed by atoms with Crippen molar-refractivity contribution < 1.29 is 4.79 Å². The Kier molecular flexibility index (Phi) is 3.87. The third kappa shape index (κ3) is 3.52. The van der Waals surface area contributed by atoms with E-state index in [1.54, 1.807) is 12.1 Å². The highest BCUT2D eigenvalue weighted by Gasteiger charge is 2.21. The molecule has 0 saturated carbocycles. The van der Waals surface area contributed by atoms with Crippen LogP contribution in [-0.4, -0.2) is 21.0 Å². The zero-order valence-corrected chi connectivity index (χ0v) is 12.5. The highest BCUT2D eigenvalue weighted by Crippen LogP contribution is 2.25. The summed E-state index contributed by atoms with van der Waals surface area (Å²) in [7, 11) is 0. The fourth-order valence-electron chi connectivity index (χ4n) is 1.53. The number of nitrogens with one attached hydrogen (secondary N) is 1. The van der Waals surface area contributed by atoms with Crippen molar-refractivity contribution in [2.45, 2.75) is 26.3 Å². The lowest BCUT2D eigenvalue weighted by molar-refractivity contribution is 0.0924. The molecule has 0 saturated heterocycles. The summed E-state index contributed by atoms with van der Waals surface area (Å²) in [5.41, 5.74) is 1.12. The maximum Gasteiger partial charge on any atom is 0.265 e. The minimum absolute atomic E-state index is 0.160. The van der Waals surface area contributed by atoms with E-state index in [0.717, 1.165) is 17.1 Å². The Balaban J connectivity index is 2.32. The van der Waals surface area contributed by atoms with Gasteiger partial charge in [-0.05, 0) is 44.4 Å². The lowest BCUT2D eigenvalue weighted by Gasteiger charge is -2.19. The van der Waals surface area contributed by atoms with Crippen LogP contribution in [0.3, 0.4) is 0 Å². The molecule has 1 N–H and O–H groups in total. The molecule has 2 aromatic rings. The molecule has 1 heterocycles. The number of rotatable bonds is 2. The molecule has 1 aromatic heterocycles. The van der Waals surface area contributed by atoms with Crippen molar-refractivity contribution in [3.63, 3.8) is 0 Å². The monoisotopic (exact) mass is 295 g/mol. The fraction of sp³-hybridized carbons (Fsp3) is 0.308. The van der Waals surface area contributed by atoms with Gasteiger partial charge in [-0.2, -0.15) is 0 Å². The smallest absolute Gasteiger partial charge is 0.265 e. The van der Waals surface area contributed by atoms with E-state index in [1.165, 1.54) is 0 Å². The molecule has 0 aliphatic heterocycles. The lowest BCUT2D eigenvalue weighted by atomic mass is 10.1. The van der Waals surface area contributed by atoms with Crippen LogP contribution in [0, 0.1) is 0 Å². The average molecular weight is 296 g/mol. The van der Waals surface area contributed by atoms with Crippen molar-refractivity contribution in [2.24, 2.45) is 0 Å². The number of carbonyl (C=O) groups excluding carboxylic acids is 1. The van der Waals surface area contributed by atoms with Gasteiger partial charge in [-0.15, -0.1) is 5.10 Å². The first kappa shape index (κ1) is 14.0. The maximum atomic E-state index is 12.2. The van der Waals surface area contributed by atoms with Crippen LogP contribution >= 0.6 is 23.1 Å². The van der Waals surface area contributed by atoms with E-state index in [2.05, 4.69) is 14.9 Å². The zero-order valence-electron chi connectivity index (χ0n) is 10.9. The van der Waals surface area contributed by atoms with Gasteiger partial charge in [-0.1, -0.05) is 28.2 Å². The SMILES string of the molecule is CC(C)(C)NC(=O)c1snnc1-c1ccc(Cl)cc1. The molecular weight excluding hydrogens is 282 g/mol. The third-order valence-corrected chi connectivity index (χ3v) is 3.28. The number of benzene rings is 1. The molecule has 1 aromatic carbocycles. The number of nitrogens with zero attached hydrogens (tertiary/aromatic N) is 2. The zero-order chi connectivity index (χ0) is 14.0. The normalized spacial score (nSPS) is 11.4. The quantitative estimate of drug-likeness (QED) is 0.924. The summed E-state index contributed by atoms with van der Waals surface area (Å²) in [6.07, 6.45) is 0. The largest absolute Gasteiger partial charge is 0.347 e. The predicted octanol–water partition coefficient (Wildman–Crippen LogP) is 3.39. The van der Waals surface area contributed by atoms with Crippen LogP contribution < -0.4 is 5.32 Å². The van der Waals surface area contributed by atoms with Crippen LogP contribution in [0.4, 0.5) is 0 Å². The highest BCUT2D eigenvalue weighted by molar-refractivity contribution is 7.08. The lowest BCUT2D eigenvalue weighted by Crippen LogP contribution is -2.40. The molecule has 0 aliphatic rings. The molecule has 0 aliphatic carbocycles. The van der Waals surface area contributed by atoms with Crippen molar-refractivity contribution in [1.29, 1.82) is 0 Å². The Morgan fingerprint density at radius 1 is 1.26 bits per heavy atom. The number of hydrogen-bond donors (Lipinski definition) is 1.